The predicted molar refractivity (Wildman–Crippen MR) is 204 cm³/mol. The van der Waals surface area contributed by atoms with Gasteiger partial charge < -0.3 is 24.8 Å². The van der Waals surface area contributed by atoms with Gasteiger partial charge in [0.25, 0.3) is 0 Å². The molecule has 0 aliphatic heterocycles. The first-order valence-electron chi connectivity index (χ1n) is 17.1. The molecule has 1 aliphatic carbocycles. The zero-order chi connectivity index (χ0) is 34.4. The summed E-state index contributed by atoms with van der Waals surface area (Å²) in [4.78, 5) is 0. The minimum atomic E-state index is 0. The molecule has 0 amide bonds. The van der Waals surface area contributed by atoms with Crippen LogP contribution in [0.2, 0.25) is 0 Å². The zero-order valence-electron chi connectivity index (χ0n) is 31.2. The second-order valence-electron chi connectivity index (χ2n) is 16.1. The van der Waals surface area contributed by atoms with E-state index in [1.165, 1.54) is 49.4 Å². The normalized spacial score (nSPS) is 14.1. The predicted octanol–water partition coefficient (Wildman–Crippen LogP) is 6.47. The third-order valence-corrected chi connectivity index (χ3v) is 9.62. The molecule has 0 aromatic heterocycles. The van der Waals surface area contributed by atoms with Crippen LogP contribution < -0.4 is 24.8 Å². The first-order chi connectivity index (χ1) is 22.0. The van der Waals surface area contributed by atoms with Crippen LogP contribution in [-0.2, 0) is 47.9 Å². The van der Waals surface area contributed by atoms with Crippen molar-refractivity contribution in [1.29, 1.82) is 0 Å². The number of rotatable bonds is 4. The van der Waals surface area contributed by atoms with Gasteiger partial charge in [-0.25, -0.2) is 6.08 Å². The van der Waals surface area contributed by atoms with E-state index in [1.54, 1.807) is 27.4 Å². The standard InChI is InChI=1S/C21H25.C15H14.C10H15.2ClH.Zr/c1-20(2,3)16-7-9-18-14(12-16)11-15-13-17(21(4,5)6)8-10-19(15)18;1-3-8-14(9-4-1)12-7-13-15-10-5-2-6-11-15;1-8-5-6-9(7-8)10(2,3)4;;;/h7-13H,1-6H3;1-6,8-11H,12-13H2;6-8H,1-4H3;2*1H;/q-1;;-1;;;+2/p-2. The first-order valence-corrected chi connectivity index (χ1v) is 18.3. The molecule has 0 nitrogen and oxygen atoms in total. The first kappa shape index (κ1) is 42.7. The Hall–Kier alpha value is -2.44. The van der Waals surface area contributed by atoms with Crippen LogP contribution >= 0.6 is 0 Å². The number of allylic oxidation sites excluding steroid dienone is 4. The van der Waals surface area contributed by atoms with E-state index >= 15 is 0 Å². The summed E-state index contributed by atoms with van der Waals surface area (Å²) in [6.45, 7) is 22.5. The average molecular weight is 769 g/mol. The van der Waals surface area contributed by atoms with Crippen LogP contribution in [-0.4, -0.2) is 3.21 Å². The fraction of sp³-hybridized carbons (Fsp3) is 0.348. The fourth-order valence-electron chi connectivity index (χ4n) is 5.76. The van der Waals surface area contributed by atoms with E-state index in [0.29, 0.717) is 11.3 Å². The summed E-state index contributed by atoms with van der Waals surface area (Å²) in [6, 6.07) is 37.6. The second-order valence-corrected chi connectivity index (χ2v) is 17.9. The monoisotopic (exact) mass is 766 g/mol. The van der Waals surface area contributed by atoms with E-state index in [1.807, 2.05) is 0 Å². The van der Waals surface area contributed by atoms with Crippen LogP contribution in [0.15, 0.2) is 121 Å². The van der Waals surface area contributed by atoms with Crippen LogP contribution in [0.1, 0.15) is 91.5 Å². The summed E-state index contributed by atoms with van der Waals surface area (Å²) in [5, 5.41) is 5.48. The number of benzene rings is 4. The minimum absolute atomic E-state index is 0. The summed E-state index contributed by atoms with van der Waals surface area (Å²) >= 11 is 1.55. The SMILES string of the molecule is CC(C)(C)c1ccc2c(c1)[cH-]c1cc(C(C)(C)C)ccc12.CC1[C-]=CC(C(C)(C)C)=C1.[Cl-].[Cl-].[Zr+2]=[C](Cc1ccccc1)Cc1ccccc1. The van der Waals surface area contributed by atoms with Gasteiger partial charge >= 0.3 is 112 Å². The molecule has 258 valence electrons. The van der Waals surface area contributed by atoms with Gasteiger partial charge in [0.15, 0.2) is 0 Å². The van der Waals surface area contributed by atoms with Crippen LogP contribution in [0.25, 0.3) is 21.5 Å². The number of fused-ring (bicyclic) bond motifs is 3. The van der Waals surface area contributed by atoms with Gasteiger partial charge in [-0.05, 0) is 10.8 Å². The third-order valence-electron chi connectivity index (χ3n) is 8.75. The van der Waals surface area contributed by atoms with E-state index in [0.717, 1.165) is 12.8 Å². The molecular weight excluding hydrogens is 715 g/mol. The van der Waals surface area contributed by atoms with Gasteiger partial charge in [-0.15, -0.1) is 39.7 Å². The molecule has 6 rings (SSSR count). The van der Waals surface area contributed by atoms with Gasteiger partial charge in [-0.2, -0.15) is 11.6 Å². The molecule has 0 saturated carbocycles. The van der Waals surface area contributed by atoms with Crippen molar-refractivity contribution in [3.05, 3.63) is 149 Å². The molecule has 5 aromatic carbocycles. The van der Waals surface area contributed by atoms with Crippen LogP contribution in [0.4, 0.5) is 0 Å². The molecule has 5 aromatic rings. The Morgan fingerprint density at radius 1 is 0.612 bits per heavy atom. The topological polar surface area (TPSA) is 0 Å². The zero-order valence-corrected chi connectivity index (χ0v) is 35.2. The Bertz CT molecular complexity index is 1730. The molecule has 0 heterocycles. The average Bonchev–Trinajstić information content (AvgIpc) is 3.61. The van der Waals surface area contributed by atoms with E-state index in [2.05, 4.69) is 191 Å². The van der Waals surface area contributed by atoms with Crippen LogP contribution in [0.5, 0.6) is 0 Å². The van der Waals surface area contributed by atoms with Crippen LogP contribution in [0.3, 0.4) is 0 Å². The molecule has 0 N–H and O–H groups in total. The Morgan fingerprint density at radius 2 is 1.02 bits per heavy atom. The van der Waals surface area contributed by atoms with E-state index in [-0.39, 0.29) is 35.6 Å². The Kier molecular flexibility index (Phi) is 15.8. The van der Waals surface area contributed by atoms with Crippen molar-refractivity contribution >= 4 is 24.8 Å². The molecule has 3 heteroatoms. The molecule has 0 saturated heterocycles. The molecule has 1 unspecified atom stereocenters. The molecular formula is C46H54Cl2Zr-2. The summed E-state index contributed by atoms with van der Waals surface area (Å²) < 4.78 is 1.60. The summed E-state index contributed by atoms with van der Waals surface area (Å²) in [5.41, 5.74) is 7.78. The molecule has 49 heavy (non-hydrogen) atoms. The van der Waals surface area contributed by atoms with Gasteiger partial charge in [0, 0.05) is 0 Å². The maximum absolute atomic E-state index is 3.26. The number of halogens is 2. The molecule has 0 spiro atoms. The van der Waals surface area contributed by atoms with Gasteiger partial charge in [0.05, 0.1) is 0 Å². The van der Waals surface area contributed by atoms with Gasteiger partial charge in [-0.1, -0.05) is 116 Å². The Morgan fingerprint density at radius 3 is 1.33 bits per heavy atom. The van der Waals surface area contributed by atoms with Crippen molar-refractivity contribution in [1.82, 2.24) is 0 Å². The summed E-state index contributed by atoms with van der Waals surface area (Å²) in [7, 11) is 0. The molecule has 0 bridgehead atoms. The van der Waals surface area contributed by atoms with Gasteiger partial charge in [-0.3, -0.25) is 6.08 Å². The molecule has 1 atom stereocenters. The van der Waals surface area contributed by atoms with Crippen molar-refractivity contribution < 1.29 is 49.0 Å². The van der Waals surface area contributed by atoms with Crippen molar-refractivity contribution in [3.8, 4) is 0 Å². The molecule has 0 radical (unpaired) electrons. The third kappa shape index (κ3) is 12.7. The number of hydrogen-bond donors (Lipinski definition) is 0. The van der Waals surface area contributed by atoms with Crippen molar-refractivity contribution in [2.45, 2.75) is 92.9 Å². The Labute approximate surface area is 325 Å². The molecule has 0 fully saturated rings. The van der Waals surface area contributed by atoms with Crippen molar-refractivity contribution in [3.63, 3.8) is 0 Å². The summed E-state index contributed by atoms with van der Waals surface area (Å²) in [6.07, 6.45) is 9.89. The van der Waals surface area contributed by atoms with Gasteiger partial charge in [0.1, 0.15) is 0 Å². The van der Waals surface area contributed by atoms with E-state index in [4.69, 9.17) is 0 Å². The maximum atomic E-state index is 3.26. The fourth-order valence-corrected chi connectivity index (χ4v) is 6.76. The van der Waals surface area contributed by atoms with Crippen LogP contribution in [0, 0.1) is 17.4 Å². The molecule has 1 aliphatic rings. The number of hydrogen-bond acceptors (Lipinski definition) is 0. The van der Waals surface area contributed by atoms with E-state index < -0.39 is 0 Å². The Balaban J connectivity index is 0.000000265. The van der Waals surface area contributed by atoms with Gasteiger partial charge in [0.2, 0.25) is 0 Å². The quantitative estimate of drug-likeness (QED) is 0.184. The summed E-state index contributed by atoms with van der Waals surface area (Å²) in [5.74, 6) is 0.522. The van der Waals surface area contributed by atoms with Crippen molar-refractivity contribution in [2.75, 3.05) is 0 Å². The van der Waals surface area contributed by atoms with E-state index in [9.17, 15) is 0 Å². The van der Waals surface area contributed by atoms with Crippen molar-refractivity contribution in [2.24, 2.45) is 11.3 Å². The second kappa shape index (κ2) is 18.2.